The number of hydrogen-bond donors (Lipinski definition) is 0. The predicted molar refractivity (Wildman–Crippen MR) is 113 cm³/mol. The number of thioether (sulfide) groups is 1. The van der Waals surface area contributed by atoms with Gasteiger partial charge in [0.2, 0.25) is 5.91 Å². The molecular formula is C21H23N3OS2. The minimum Gasteiger partial charge on any atom is -0.341 e. The van der Waals surface area contributed by atoms with Crippen LogP contribution in [0.1, 0.15) is 20.3 Å². The fourth-order valence-corrected chi connectivity index (χ4v) is 5.73. The van der Waals surface area contributed by atoms with Crippen molar-refractivity contribution < 1.29 is 4.79 Å². The quantitative estimate of drug-likeness (QED) is 0.461. The number of piperidine rings is 1. The van der Waals surface area contributed by atoms with Gasteiger partial charge < -0.3 is 4.90 Å². The summed E-state index contributed by atoms with van der Waals surface area (Å²) < 4.78 is 0. The zero-order valence-electron chi connectivity index (χ0n) is 15.6. The van der Waals surface area contributed by atoms with Crippen LogP contribution in [-0.4, -0.2) is 39.6 Å². The maximum atomic E-state index is 12.7. The Morgan fingerprint density at radius 1 is 1.19 bits per heavy atom. The molecule has 2 aromatic heterocycles. The van der Waals surface area contributed by atoms with E-state index in [2.05, 4.69) is 42.0 Å². The second-order valence-corrected chi connectivity index (χ2v) is 9.40. The van der Waals surface area contributed by atoms with Crippen LogP contribution in [0, 0.1) is 11.8 Å². The number of fused-ring (bicyclic) bond motifs is 1. The van der Waals surface area contributed by atoms with Crippen LogP contribution in [0.3, 0.4) is 0 Å². The van der Waals surface area contributed by atoms with E-state index < -0.39 is 0 Å². The van der Waals surface area contributed by atoms with Crippen molar-refractivity contribution in [2.24, 2.45) is 11.8 Å². The number of hydrogen-bond acceptors (Lipinski definition) is 5. The molecule has 1 aliphatic rings. The van der Waals surface area contributed by atoms with Crippen LogP contribution in [0.2, 0.25) is 0 Å². The topological polar surface area (TPSA) is 46.1 Å². The van der Waals surface area contributed by atoms with E-state index in [1.807, 2.05) is 23.1 Å². The molecule has 27 heavy (non-hydrogen) atoms. The lowest BCUT2D eigenvalue weighted by Crippen LogP contribution is -2.43. The first-order chi connectivity index (χ1) is 13.1. The van der Waals surface area contributed by atoms with E-state index in [9.17, 15) is 4.79 Å². The number of amides is 1. The Morgan fingerprint density at radius 2 is 1.93 bits per heavy atom. The molecule has 0 spiro atoms. The summed E-state index contributed by atoms with van der Waals surface area (Å²) in [6, 6.07) is 12.5. The highest BCUT2D eigenvalue weighted by molar-refractivity contribution is 8.00. The van der Waals surface area contributed by atoms with Gasteiger partial charge in [0, 0.05) is 23.4 Å². The van der Waals surface area contributed by atoms with Crippen LogP contribution < -0.4 is 0 Å². The molecule has 2 atom stereocenters. The molecule has 140 valence electrons. The minimum absolute atomic E-state index is 0.212. The van der Waals surface area contributed by atoms with Crippen molar-refractivity contribution in [1.82, 2.24) is 14.9 Å². The van der Waals surface area contributed by atoms with Gasteiger partial charge in [-0.15, -0.1) is 11.3 Å². The third-order valence-corrected chi connectivity index (χ3v) is 6.99. The van der Waals surface area contributed by atoms with Gasteiger partial charge in [-0.3, -0.25) is 4.79 Å². The smallest absolute Gasteiger partial charge is 0.233 e. The zero-order valence-corrected chi connectivity index (χ0v) is 17.2. The Morgan fingerprint density at radius 3 is 2.67 bits per heavy atom. The number of aromatic nitrogens is 2. The van der Waals surface area contributed by atoms with E-state index in [1.54, 1.807) is 17.7 Å². The second-order valence-electron chi connectivity index (χ2n) is 7.41. The molecule has 0 bridgehead atoms. The van der Waals surface area contributed by atoms with E-state index >= 15 is 0 Å². The molecule has 0 saturated carbocycles. The van der Waals surface area contributed by atoms with Crippen LogP contribution in [0.4, 0.5) is 0 Å². The van der Waals surface area contributed by atoms with Gasteiger partial charge in [0.25, 0.3) is 0 Å². The normalized spacial score (nSPS) is 20.1. The number of likely N-dealkylation sites (tertiary alicyclic amines) is 1. The van der Waals surface area contributed by atoms with Crippen LogP contribution in [0.15, 0.2) is 47.8 Å². The Labute approximate surface area is 168 Å². The van der Waals surface area contributed by atoms with E-state index in [0.29, 0.717) is 17.6 Å². The Hall–Kier alpha value is -1.92. The van der Waals surface area contributed by atoms with Crippen LogP contribution in [-0.2, 0) is 4.79 Å². The SMILES string of the molecule is C[C@H]1C[C@H](C)CN(C(=O)CSc2ncnc3sc(-c4ccccc4)cc23)C1. The lowest BCUT2D eigenvalue weighted by atomic mass is 9.92. The summed E-state index contributed by atoms with van der Waals surface area (Å²) in [4.78, 5) is 25.7. The predicted octanol–water partition coefficient (Wildman–Crippen LogP) is 4.95. The van der Waals surface area contributed by atoms with Crippen molar-refractivity contribution in [3.63, 3.8) is 0 Å². The molecule has 4 rings (SSSR count). The summed E-state index contributed by atoms with van der Waals surface area (Å²) in [6.07, 6.45) is 2.81. The molecular weight excluding hydrogens is 374 g/mol. The molecule has 1 fully saturated rings. The highest BCUT2D eigenvalue weighted by Gasteiger charge is 2.25. The Kier molecular flexibility index (Phi) is 5.45. The van der Waals surface area contributed by atoms with Crippen molar-refractivity contribution in [1.29, 1.82) is 0 Å². The van der Waals surface area contributed by atoms with Crippen LogP contribution >= 0.6 is 23.1 Å². The van der Waals surface area contributed by atoms with E-state index in [0.717, 1.165) is 28.3 Å². The van der Waals surface area contributed by atoms with Gasteiger partial charge in [-0.25, -0.2) is 9.97 Å². The first-order valence-corrected chi connectivity index (χ1v) is 11.1. The van der Waals surface area contributed by atoms with E-state index in [1.165, 1.54) is 28.6 Å². The summed E-state index contributed by atoms with van der Waals surface area (Å²) in [5, 5.41) is 1.93. The van der Waals surface area contributed by atoms with Gasteiger partial charge in [-0.1, -0.05) is 55.9 Å². The average Bonchev–Trinajstić information content (AvgIpc) is 3.11. The number of thiophene rings is 1. The fourth-order valence-electron chi connectivity index (χ4n) is 3.78. The average molecular weight is 398 g/mol. The number of benzene rings is 1. The summed E-state index contributed by atoms with van der Waals surface area (Å²) in [7, 11) is 0. The van der Waals surface area contributed by atoms with Crippen molar-refractivity contribution >= 4 is 39.2 Å². The molecule has 1 aliphatic heterocycles. The molecule has 1 saturated heterocycles. The standard InChI is InChI=1S/C21H23N3OS2/c1-14-8-15(2)11-24(10-14)19(25)12-26-20-17-9-18(16-6-4-3-5-7-16)27-21(17)23-13-22-20/h3-7,9,13-15H,8,10-12H2,1-2H3/t14-,15-/m0/s1. The largest absolute Gasteiger partial charge is 0.341 e. The molecule has 6 heteroatoms. The Bertz CT molecular complexity index is 931. The molecule has 0 N–H and O–H groups in total. The summed E-state index contributed by atoms with van der Waals surface area (Å²) in [5.41, 5.74) is 1.18. The zero-order chi connectivity index (χ0) is 18.8. The molecule has 0 unspecified atom stereocenters. The first-order valence-electron chi connectivity index (χ1n) is 9.30. The van der Waals surface area contributed by atoms with Crippen molar-refractivity contribution in [3.8, 4) is 10.4 Å². The van der Waals surface area contributed by atoms with Crippen LogP contribution in [0.5, 0.6) is 0 Å². The highest BCUT2D eigenvalue weighted by Crippen LogP contribution is 2.36. The number of carbonyl (C=O) groups is 1. The monoisotopic (exact) mass is 397 g/mol. The highest BCUT2D eigenvalue weighted by atomic mass is 32.2. The fraction of sp³-hybridized carbons (Fsp3) is 0.381. The molecule has 0 aliphatic carbocycles. The molecule has 4 nitrogen and oxygen atoms in total. The molecule has 3 aromatic rings. The van der Waals surface area contributed by atoms with Crippen molar-refractivity contribution in [2.75, 3.05) is 18.8 Å². The van der Waals surface area contributed by atoms with E-state index in [4.69, 9.17) is 0 Å². The first kappa shape index (κ1) is 18.4. The van der Waals surface area contributed by atoms with Crippen molar-refractivity contribution in [3.05, 3.63) is 42.7 Å². The maximum absolute atomic E-state index is 12.7. The maximum Gasteiger partial charge on any atom is 0.233 e. The third-order valence-electron chi connectivity index (χ3n) is 4.91. The molecule has 1 amide bonds. The Balaban J connectivity index is 1.50. The summed E-state index contributed by atoms with van der Waals surface area (Å²) in [6.45, 7) is 6.21. The van der Waals surface area contributed by atoms with Gasteiger partial charge in [-0.2, -0.15) is 0 Å². The second kappa shape index (κ2) is 7.98. The number of rotatable bonds is 4. The minimum atomic E-state index is 0.212. The van der Waals surface area contributed by atoms with E-state index in [-0.39, 0.29) is 5.91 Å². The number of carbonyl (C=O) groups excluding carboxylic acids is 1. The van der Waals surface area contributed by atoms with Gasteiger partial charge in [0.1, 0.15) is 16.2 Å². The number of nitrogens with zero attached hydrogens (tertiary/aromatic N) is 3. The van der Waals surface area contributed by atoms with Crippen LogP contribution in [0.25, 0.3) is 20.7 Å². The summed E-state index contributed by atoms with van der Waals surface area (Å²) >= 11 is 3.19. The third kappa shape index (κ3) is 4.17. The van der Waals surface area contributed by atoms with Gasteiger partial charge in [0.15, 0.2) is 0 Å². The van der Waals surface area contributed by atoms with Gasteiger partial charge >= 0.3 is 0 Å². The van der Waals surface area contributed by atoms with Gasteiger partial charge in [0.05, 0.1) is 5.75 Å². The molecule has 1 aromatic carbocycles. The lowest BCUT2D eigenvalue weighted by molar-refractivity contribution is -0.130. The van der Waals surface area contributed by atoms with Crippen molar-refractivity contribution in [2.45, 2.75) is 25.3 Å². The summed E-state index contributed by atoms with van der Waals surface area (Å²) in [5.74, 6) is 1.81. The lowest BCUT2D eigenvalue weighted by Gasteiger charge is -2.35. The van der Waals surface area contributed by atoms with Gasteiger partial charge in [-0.05, 0) is 29.9 Å². The molecule has 0 radical (unpaired) electrons. The molecule has 3 heterocycles.